The van der Waals surface area contributed by atoms with Crippen LogP contribution >= 0.6 is 11.5 Å². The molecule has 1 amide bonds. The summed E-state index contributed by atoms with van der Waals surface area (Å²) in [6.07, 6.45) is 2.86. The Morgan fingerprint density at radius 2 is 2.00 bits per heavy atom. The molecule has 0 atom stereocenters. The van der Waals surface area contributed by atoms with Crippen molar-refractivity contribution in [3.63, 3.8) is 0 Å². The zero-order valence-corrected chi connectivity index (χ0v) is 13.6. The Hall–Kier alpha value is -3.39. The Kier molecular flexibility index (Phi) is 4.91. The number of rotatable bonds is 5. The van der Waals surface area contributed by atoms with Gasteiger partial charge in [0.15, 0.2) is 0 Å². The fourth-order valence-corrected chi connectivity index (χ4v) is 2.58. The molecule has 0 aliphatic carbocycles. The van der Waals surface area contributed by atoms with Crippen molar-refractivity contribution in [3.8, 4) is 11.3 Å². The summed E-state index contributed by atoms with van der Waals surface area (Å²) < 4.78 is 3.81. The minimum atomic E-state index is -0.475. The molecule has 0 radical (unpaired) electrons. The summed E-state index contributed by atoms with van der Waals surface area (Å²) >= 11 is 1.27. The topological polar surface area (TPSA) is 98.0 Å². The molecule has 8 heteroatoms. The summed E-state index contributed by atoms with van der Waals surface area (Å²) in [5, 5.41) is 19.3. The molecule has 0 saturated heterocycles. The van der Waals surface area contributed by atoms with E-state index in [2.05, 4.69) is 14.9 Å². The van der Waals surface area contributed by atoms with Gasteiger partial charge in [0.1, 0.15) is 5.69 Å². The highest BCUT2D eigenvalue weighted by atomic mass is 32.1. The number of nitrogens with zero attached hydrogens (tertiary/aromatic N) is 3. The van der Waals surface area contributed by atoms with Crippen LogP contribution in [0.2, 0.25) is 0 Å². The van der Waals surface area contributed by atoms with Crippen LogP contribution in [0.1, 0.15) is 5.56 Å². The molecule has 1 aromatic heterocycles. The molecule has 124 valence electrons. The van der Waals surface area contributed by atoms with Crippen LogP contribution in [-0.2, 0) is 4.79 Å². The van der Waals surface area contributed by atoms with Crippen LogP contribution in [0.4, 0.5) is 11.4 Å². The number of benzene rings is 2. The lowest BCUT2D eigenvalue weighted by Crippen LogP contribution is -2.07. The number of nitro groups is 1. The van der Waals surface area contributed by atoms with Gasteiger partial charge in [-0.05, 0) is 35.3 Å². The number of non-ortho nitro benzene ring substituents is 1. The second kappa shape index (κ2) is 7.45. The highest BCUT2D eigenvalue weighted by molar-refractivity contribution is 7.03. The van der Waals surface area contributed by atoms with Crippen molar-refractivity contribution in [1.82, 2.24) is 9.59 Å². The molecule has 0 aliphatic rings. The predicted molar refractivity (Wildman–Crippen MR) is 96.1 cm³/mol. The molecule has 0 bridgehead atoms. The first-order valence-electron chi connectivity index (χ1n) is 7.23. The molecular formula is C17H12N4O3S. The maximum Gasteiger partial charge on any atom is 0.270 e. The number of carbonyl (C=O) groups is 1. The van der Waals surface area contributed by atoms with Crippen molar-refractivity contribution in [2.45, 2.75) is 0 Å². The first-order valence-corrected chi connectivity index (χ1v) is 8.06. The Morgan fingerprint density at radius 1 is 1.20 bits per heavy atom. The number of nitrogens with one attached hydrogen (secondary N) is 1. The zero-order valence-electron chi connectivity index (χ0n) is 12.8. The van der Waals surface area contributed by atoms with Crippen LogP contribution in [0.3, 0.4) is 0 Å². The van der Waals surface area contributed by atoms with Gasteiger partial charge in [-0.3, -0.25) is 14.9 Å². The summed E-state index contributed by atoms with van der Waals surface area (Å²) in [6.45, 7) is 0. The van der Waals surface area contributed by atoms with Gasteiger partial charge in [0, 0.05) is 34.8 Å². The molecular weight excluding hydrogens is 340 g/mol. The van der Waals surface area contributed by atoms with Gasteiger partial charge >= 0.3 is 0 Å². The smallest absolute Gasteiger partial charge is 0.270 e. The van der Waals surface area contributed by atoms with E-state index < -0.39 is 4.92 Å². The number of hydrogen-bond donors (Lipinski definition) is 1. The standard InChI is InChI=1S/C17H12N4O3S/c22-17(9-4-12-2-1-3-15(10-12)21(23)24)18-14-7-5-13(6-8-14)16-11-25-20-19-16/h1-11H,(H,18,22)/b9-4+. The summed E-state index contributed by atoms with van der Waals surface area (Å²) in [5.41, 5.74) is 2.90. The van der Waals surface area contributed by atoms with Gasteiger partial charge in [-0.2, -0.15) is 0 Å². The van der Waals surface area contributed by atoms with Crippen molar-refractivity contribution in [2.24, 2.45) is 0 Å². The van der Waals surface area contributed by atoms with Gasteiger partial charge in [0.25, 0.3) is 5.69 Å². The Morgan fingerprint density at radius 3 is 2.68 bits per heavy atom. The summed E-state index contributed by atoms with van der Waals surface area (Å²) in [7, 11) is 0. The van der Waals surface area contributed by atoms with Crippen molar-refractivity contribution in [1.29, 1.82) is 0 Å². The zero-order chi connectivity index (χ0) is 17.6. The molecule has 1 heterocycles. The quantitative estimate of drug-likeness (QED) is 0.428. The average molecular weight is 352 g/mol. The van der Waals surface area contributed by atoms with E-state index in [0.29, 0.717) is 11.3 Å². The fraction of sp³-hybridized carbons (Fsp3) is 0. The lowest BCUT2D eigenvalue weighted by atomic mass is 10.1. The van der Waals surface area contributed by atoms with Crippen molar-refractivity contribution in [3.05, 3.63) is 75.7 Å². The van der Waals surface area contributed by atoms with Crippen molar-refractivity contribution < 1.29 is 9.72 Å². The number of carbonyl (C=O) groups excluding carboxylic acids is 1. The van der Waals surface area contributed by atoms with Gasteiger partial charge in [-0.15, -0.1) is 5.10 Å². The number of amides is 1. The second-order valence-corrected chi connectivity index (χ2v) is 5.65. The molecule has 2 aromatic carbocycles. The third-order valence-electron chi connectivity index (χ3n) is 3.32. The molecule has 0 fully saturated rings. The molecule has 0 saturated carbocycles. The van der Waals surface area contributed by atoms with E-state index in [1.54, 1.807) is 24.3 Å². The normalized spacial score (nSPS) is 10.7. The van der Waals surface area contributed by atoms with E-state index in [-0.39, 0.29) is 11.6 Å². The summed E-state index contributed by atoms with van der Waals surface area (Å²) in [6, 6.07) is 13.3. The highest BCUT2D eigenvalue weighted by Crippen LogP contribution is 2.20. The lowest BCUT2D eigenvalue weighted by Gasteiger charge is -2.03. The maximum atomic E-state index is 12.0. The fourth-order valence-electron chi connectivity index (χ4n) is 2.11. The largest absolute Gasteiger partial charge is 0.323 e. The first kappa shape index (κ1) is 16.5. The second-order valence-electron chi connectivity index (χ2n) is 5.04. The Bertz CT molecular complexity index is 921. The van der Waals surface area contributed by atoms with E-state index in [1.165, 1.54) is 35.8 Å². The lowest BCUT2D eigenvalue weighted by molar-refractivity contribution is -0.384. The van der Waals surface area contributed by atoms with Gasteiger partial charge < -0.3 is 5.32 Å². The van der Waals surface area contributed by atoms with Crippen LogP contribution in [0, 0.1) is 10.1 Å². The average Bonchev–Trinajstić information content (AvgIpc) is 3.15. The van der Waals surface area contributed by atoms with E-state index in [0.717, 1.165) is 11.3 Å². The minimum absolute atomic E-state index is 0.0188. The molecule has 3 aromatic rings. The summed E-state index contributed by atoms with van der Waals surface area (Å²) in [4.78, 5) is 22.2. The van der Waals surface area contributed by atoms with Gasteiger partial charge in [-0.1, -0.05) is 28.8 Å². The Balaban J connectivity index is 1.64. The van der Waals surface area contributed by atoms with E-state index in [1.807, 2.05) is 17.5 Å². The molecule has 3 rings (SSSR count). The monoisotopic (exact) mass is 352 g/mol. The number of anilines is 1. The highest BCUT2D eigenvalue weighted by Gasteiger charge is 2.05. The van der Waals surface area contributed by atoms with Crippen LogP contribution < -0.4 is 5.32 Å². The Labute approximate surface area is 147 Å². The van der Waals surface area contributed by atoms with Crippen LogP contribution in [0.5, 0.6) is 0 Å². The molecule has 0 spiro atoms. The number of nitro benzene ring substituents is 1. The minimum Gasteiger partial charge on any atom is -0.323 e. The van der Waals surface area contributed by atoms with E-state index >= 15 is 0 Å². The third-order valence-corrected chi connectivity index (χ3v) is 3.82. The molecule has 0 unspecified atom stereocenters. The third kappa shape index (κ3) is 4.33. The molecule has 1 N–H and O–H groups in total. The van der Waals surface area contributed by atoms with Gasteiger partial charge in [0.05, 0.1) is 4.92 Å². The SMILES string of the molecule is O=C(/C=C/c1cccc([N+](=O)[O-])c1)Nc1ccc(-c2csnn2)cc1. The van der Waals surface area contributed by atoms with Crippen LogP contribution in [0.15, 0.2) is 60.0 Å². The first-order chi connectivity index (χ1) is 12.1. The summed E-state index contributed by atoms with van der Waals surface area (Å²) in [5.74, 6) is -0.324. The van der Waals surface area contributed by atoms with E-state index in [4.69, 9.17) is 0 Å². The van der Waals surface area contributed by atoms with E-state index in [9.17, 15) is 14.9 Å². The molecule has 0 aliphatic heterocycles. The molecule has 25 heavy (non-hydrogen) atoms. The van der Waals surface area contributed by atoms with Crippen molar-refractivity contribution >= 4 is 34.9 Å². The maximum absolute atomic E-state index is 12.0. The molecule has 7 nitrogen and oxygen atoms in total. The number of aromatic nitrogens is 2. The number of hydrogen-bond acceptors (Lipinski definition) is 6. The van der Waals surface area contributed by atoms with Gasteiger partial charge in [0.2, 0.25) is 5.91 Å². The van der Waals surface area contributed by atoms with Crippen molar-refractivity contribution in [2.75, 3.05) is 5.32 Å². The van der Waals surface area contributed by atoms with Crippen LogP contribution in [-0.4, -0.2) is 20.4 Å². The van der Waals surface area contributed by atoms with Crippen LogP contribution in [0.25, 0.3) is 17.3 Å². The predicted octanol–water partition coefficient (Wildman–Crippen LogP) is 3.77. The van der Waals surface area contributed by atoms with Gasteiger partial charge in [-0.25, -0.2) is 0 Å².